The molecule has 0 saturated carbocycles. The monoisotopic (exact) mass is 287 g/mol. The molecular weight excluding hydrogens is 276 g/mol. The molecule has 0 radical (unpaired) electrons. The fraction of sp³-hybridized carbons (Fsp3) is 0.0714. The van der Waals surface area contributed by atoms with Gasteiger partial charge in [0.2, 0.25) is 0 Å². The van der Waals surface area contributed by atoms with Crippen molar-refractivity contribution in [1.82, 2.24) is 19.7 Å². The Hall–Kier alpha value is -2.83. The zero-order valence-electron chi connectivity index (χ0n) is 11.1. The molecule has 21 heavy (non-hydrogen) atoms. The fourth-order valence-electron chi connectivity index (χ4n) is 1.98. The average Bonchev–Trinajstić information content (AvgIpc) is 2.83. The Kier molecular flexibility index (Phi) is 3.09. The number of aromatic nitrogens is 4. The molecule has 0 amide bonds. The highest BCUT2D eigenvalue weighted by Gasteiger charge is 2.10. The summed E-state index contributed by atoms with van der Waals surface area (Å²) in [6.07, 6.45) is 3.38. The van der Waals surface area contributed by atoms with Gasteiger partial charge in [0.1, 0.15) is 17.5 Å². The lowest BCUT2D eigenvalue weighted by atomic mass is 10.2. The van der Waals surface area contributed by atoms with Gasteiger partial charge in [0.05, 0.1) is 11.9 Å². The van der Waals surface area contributed by atoms with Gasteiger partial charge in [-0.05, 0) is 12.1 Å². The van der Waals surface area contributed by atoms with E-state index in [0.717, 1.165) is 23.8 Å². The van der Waals surface area contributed by atoms with Crippen LogP contribution >= 0.6 is 0 Å². The molecule has 1 aromatic carbocycles. The van der Waals surface area contributed by atoms with Crippen molar-refractivity contribution in [2.24, 2.45) is 7.05 Å². The molecule has 0 unspecified atom stereocenters. The quantitative estimate of drug-likeness (QED) is 0.785. The second kappa shape index (κ2) is 4.93. The predicted molar refractivity (Wildman–Crippen MR) is 74.0 cm³/mol. The van der Waals surface area contributed by atoms with Crippen molar-refractivity contribution in [3.05, 3.63) is 48.3 Å². The second-order valence-corrected chi connectivity index (χ2v) is 4.56. The zero-order chi connectivity index (χ0) is 15.0. The summed E-state index contributed by atoms with van der Waals surface area (Å²) in [7, 11) is 1.77. The van der Waals surface area contributed by atoms with Crippen LogP contribution in [0.3, 0.4) is 0 Å². The summed E-state index contributed by atoms with van der Waals surface area (Å²) in [5.41, 5.74) is 7.26. The molecule has 2 N–H and O–H groups in total. The second-order valence-electron chi connectivity index (χ2n) is 4.56. The van der Waals surface area contributed by atoms with Crippen LogP contribution < -0.4 is 5.73 Å². The Bertz CT molecular complexity index is 793. The molecular formula is C14H11F2N5. The number of nitrogens with zero attached hydrogens (tertiary/aromatic N) is 4. The SMILES string of the molecule is Cn1cc(-c2cc(N)nc(-c3cc(F)cc(F)c3)n2)cn1. The molecule has 5 nitrogen and oxygen atoms in total. The van der Waals surface area contributed by atoms with Crippen LogP contribution in [0.25, 0.3) is 22.6 Å². The largest absolute Gasteiger partial charge is 0.384 e. The molecule has 2 heterocycles. The minimum absolute atomic E-state index is 0.159. The van der Waals surface area contributed by atoms with E-state index in [0.29, 0.717) is 5.69 Å². The number of hydrogen-bond acceptors (Lipinski definition) is 4. The first-order chi connectivity index (χ1) is 10.0. The van der Waals surface area contributed by atoms with Gasteiger partial charge in [-0.3, -0.25) is 4.68 Å². The van der Waals surface area contributed by atoms with Crippen LogP contribution in [-0.2, 0) is 7.05 Å². The Morgan fingerprint density at radius 1 is 1.00 bits per heavy atom. The van der Waals surface area contributed by atoms with Gasteiger partial charge in [-0.15, -0.1) is 0 Å². The van der Waals surface area contributed by atoms with Crippen LogP contribution in [0.2, 0.25) is 0 Å². The van der Waals surface area contributed by atoms with Crippen LogP contribution in [0.4, 0.5) is 14.6 Å². The van der Waals surface area contributed by atoms with Crippen LogP contribution in [0.5, 0.6) is 0 Å². The maximum Gasteiger partial charge on any atom is 0.162 e. The highest BCUT2D eigenvalue weighted by Crippen LogP contribution is 2.24. The smallest absolute Gasteiger partial charge is 0.162 e. The number of nitrogen functional groups attached to an aromatic ring is 1. The van der Waals surface area contributed by atoms with Crippen molar-refractivity contribution in [3.8, 4) is 22.6 Å². The first kappa shape index (κ1) is 13.2. The molecule has 0 aliphatic carbocycles. The summed E-state index contributed by atoms with van der Waals surface area (Å²) in [6.45, 7) is 0. The van der Waals surface area contributed by atoms with E-state index < -0.39 is 11.6 Å². The third-order valence-corrected chi connectivity index (χ3v) is 2.87. The molecule has 106 valence electrons. The third kappa shape index (κ3) is 2.71. The number of hydrogen-bond donors (Lipinski definition) is 1. The molecule has 7 heteroatoms. The number of rotatable bonds is 2. The molecule has 0 bridgehead atoms. The third-order valence-electron chi connectivity index (χ3n) is 2.87. The molecule has 3 aromatic rings. The molecule has 0 fully saturated rings. The minimum Gasteiger partial charge on any atom is -0.384 e. The lowest BCUT2D eigenvalue weighted by Crippen LogP contribution is -1.98. The molecule has 0 aliphatic heterocycles. The maximum absolute atomic E-state index is 13.3. The van der Waals surface area contributed by atoms with Crippen molar-refractivity contribution in [3.63, 3.8) is 0 Å². The summed E-state index contributed by atoms with van der Waals surface area (Å²) in [5, 5.41) is 4.05. The number of nitrogens with two attached hydrogens (primary N) is 1. The number of halogens is 2. The predicted octanol–water partition coefficient (Wildman–Crippen LogP) is 2.40. The average molecular weight is 287 g/mol. The molecule has 0 saturated heterocycles. The summed E-state index contributed by atoms with van der Waals surface area (Å²) >= 11 is 0. The Morgan fingerprint density at radius 2 is 1.71 bits per heavy atom. The van der Waals surface area contributed by atoms with Crippen LogP contribution in [0, 0.1) is 11.6 Å². The molecule has 0 spiro atoms. The lowest BCUT2D eigenvalue weighted by Gasteiger charge is -2.05. The summed E-state index contributed by atoms with van der Waals surface area (Å²) in [4.78, 5) is 8.32. The van der Waals surface area contributed by atoms with E-state index in [9.17, 15) is 8.78 Å². The van der Waals surface area contributed by atoms with E-state index in [1.54, 1.807) is 30.2 Å². The highest BCUT2D eigenvalue weighted by atomic mass is 19.1. The minimum atomic E-state index is -0.695. The van der Waals surface area contributed by atoms with Gasteiger partial charge in [-0.25, -0.2) is 18.7 Å². The van der Waals surface area contributed by atoms with Gasteiger partial charge in [-0.2, -0.15) is 5.10 Å². The molecule has 2 aromatic heterocycles. The Morgan fingerprint density at radius 3 is 2.33 bits per heavy atom. The van der Waals surface area contributed by atoms with E-state index in [1.165, 1.54) is 0 Å². The summed E-state index contributed by atoms with van der Waals surface area (Å²) < 4.78 is 28.2. The standard InChI is InChI=1S/C14H11F2N5/c1-21-7-9(6-18-21)12-5-13(17)20-14(19-12)8-2-10(15)4-11(16)3-8/h2-7H,1H3,(H2,17,19,20). The van der Waals surface area contributed by atoms with Gasteiger partial charge in [-0.1, -0.05) is 0 Å². The summed E-state index contributed by atoms with van der Waals surface area (Å²) in [6, 6.07) is 4.68. The van der Waals surface area contributed by atoms with E-state index in [4.69, 9.17) is 5.73 Å². The van der Waals surface area contributed by atoms with Gasteiger partial charge in [0, 0.05) is 36.5 Å². The van der Waals surface area contributed by atoms with Gasteiger partial charge < -0.3 is 5.73 Å². The highest BCUT2D eigenvalue weighted by molar-refractivity contribution is 5.66. The van der Waals surface area contributed by atoms with Crippen LogP contribution in [0.15, 0.2) is 36.7 Å². The maximum atomic E-state index is 13.3. The molecule has 3 rings (SSSR count). The van der Waals surface area contributed by atoms with Crippen molar-refractivity contribution in [2.45, 2.75) is 0 Å². The Balaban J connectivity index is 2.13. The van der Waals surface area contributed by atoms with Crippen LogP contribution in [-0.4, -0.2) is 19.7 Å². The first-order valence-electron chi connectivity index (χ1n) is 6.11. The number of benzene rings is 1. The zero-order valence-corrected chi connectivity index (χ0v) is 11.1. The first-order valence-corrected chi connectivity index (χ1v) is 6.11. The molecule has 0 atom stereocenters. The normalized spacial score (nSPS) is 10.8. The number of anilines is 1. The Labute approximate surface area is 119 Å². The van der Waals surface area contributed by atoms with Crippen LogP contribution in [0.1, 0.15) is 0 Å². The van der Waals surface area contributed by atoms with Gasteiger partial charge in [0.15, 0.2) is 5.82 Å². The fourth-order valence-corrected chi connectivity index (χ4v) is 1.98. The van der Waals surface area contributed by atoms with E-state index in [-0.39, 0.29) is 17.2 Å². The summed E-state index contributed by atoms with van der Waals surface area (Å²) in [5.74, 6) is -1.02. The van der Waals surface area contributed by atoms with Crippen molar-refractivity contribution in [1.29, 1.82) is 0 Å². The van der Waals surface area contributed by atoms with E-state index >= 15 is 0 Å². The topological polar surface area (TPSA) is 69.6 Å². The van der Waals surface area contributed by atoms with Gasteiger partial charge in [0.25, 0.3) is 0 Å². The van der Waals surface area contributed by atoms with Gasteiger partial charge >= 0.3 is 0 Å². The van der Waals surface area contributed by atoms with E-state index in [1.807, 2.05) is 0 Å². The number of aryl methyl sites for hydroxylation is 1. The van der Waals surface area contributed by atoms with Crippen molar-refractivity contribution < 1.29 is 8.78 Å². The molecule has 0 aliphatic rings. The lowest BCUT2D eigenvalue weighted by molar-refractivity contribution is 0.584. The van der Waals surface area contributed by atoms with E-state index in [2.05, 4.69) is 15.1 Å². The van der Waals surface area contributed by atoms with Crippen molar-refractivity contribution >= 4 is 5.82 Å². The van der Waals surface area contributed by atoms with Crippen molar-refractivity contribution in [2.75, 3.05) is 5.73 Å².